The molecular weight excluding hydrogens is 494 g/mol. The molecule has 172 valence electrons. The van der Waals surface area contributed by atoms with Crippen LogP contribution in [0.25, 0.3) is 0 Å². The fraction of sp³-hybridized carbons (Fsp3) is 0.280. The summed E-state index contributed by atoms with van der Waals surface area (Å²) >= 11 is 3.29. The van der Waals surface area contributed by atoms with E-state index in [1.165, 1.54) is 6.07 Å². The highest BCUT2D eigenvalue weighted by Gasteiger charge is 2.19. The molecule has 1 aliphatic rings. The zero-order valence-electron chi connectivity index (χ0n) is 18.1. The average molecular weight is 517 g/mol. The zero-order chi connectivity index (χ0) is 23.5. The van der Waals surface area contributed by atoms with Crippen LogP contribution in [0.4, 0.5) is 8.78 Å². The molecule has 8 heteroatoms. The van der Waals surface area contributed by atoms with Gasteiger partial charge in [0.15, 0.2) is 0 Å². The lowest BCUT2D eigenvalue weighted by atomic mass is 10.1. The second-order valence-corrected chi connectivity index (χ2v) is 8.87. The first-order valence-electron chi connectivity index (χ1n) is 10.7. The van der Waals surface area contributed by atoms with E-state index in [1.807, 2.05) is 17.0 Å². The number of carbonyl (C=O) groups excluding carboxylic acids is 1. The highest BCUT2D eigenvalue weighted by molar-refractivity contribution is 9.10. The van der Waals surface area contributed by atoms with Crippen LogP contribution >= 0.6 is 15.9 Å². The van der Waals surface area contributed by atoms with Gasteiger partial charge in [-0.1, -0.05) is 12.1 Å². The topological polar surface area (TPSA) is 51.5 Å². The molecule has 33 heavy (non-hydrogen) atoms. The van der Waals surface area contributed by atoms with Crippen molar-refractivity contribution in [3.63, 3.8) is 0 Å². The molecule has 1 saturated heterocycles. The van der Waals surface area contributed by atoms with Gasteiger partial charge >= 0.3 is 0 Å². The van der Waals surface area contributed by atoms with Crippen LogP contribution < -0.4 is 10.3 Å². The third-order valence-corrected chi connectivity index (χ3v) is 6.48. The van der Waals surface area contributed by atoms with Crippen LogP contribution in [0, 0.1) is 18.6 Å². The molecule has 1 aromatic heterocycles. The van der Waals surface area contributed by atoms with Crippen LogP contribution in [0.3, 0.4) is 0 Å². The smallest absolute Gasteiger partial charge is 0.269 e. The lowest BCUT2D eigenvalue weighted by Crippen LogP contribution is -2.27. The number of benzene rings is 2. The minimum absolute atomic E-state index is 0.0363. The Labute approximate surface area is 198 Å². The first-order chi connectivity index (χ1) is 15.8. The molecule has 0 N–H and O–H groups in total. The molecule has 5 nitrogen and oxygen atoms in total. The number of rotatable bonds is 6. The third-order valence-electron chi connectivity index (χ3n) is 5.75. The fourth-order valence-electron chi connectivity index (χ4n) is 3.85. The Bertz CT molecular complexity index is 1240. The van der Waals surface area contributed by atoms with Gasteiger partial charge in [0.25, 0.3) is 11.5 Å². The summed E-state index contributed by atoms with van der Waals surface area (Å²) in [6, 6.07) is 12.2. The highest BCUT2D eigenvalue weighted by Crippen LogP contribution is 2.24. The van der Waals surface area contributed by atoms with Crippen molar-refractivity contribution in [2.45, 2.75) is 32.9 Å². The SMILES string of the molecule is Cc1cc(OCc2ccc(F)cc2F)c(Br)c(=O)n1Cc1ccc(C(=O)N2CCCC2)cc1. The molecule has 0 bridgehead atoms. The van der Waals surface area contributed by atoms with Crippen LogP contribution in [0.15, 0.2) is 57.8 Å². The van der Waals surface area contributed by atoms with Crippen molar-refractivity contribution in [1.29, 1.82) is 0 Å². The Balaban J connectivity index is 1.49. The van der Waals surface area contributed by atoms with Gasteiger partial charge in [0.1, 0.15) is 28.5 Å². The average Bonchev–Trinajstić information content (AvgIpc) is 3.34. The molecule has 0 atom stereocenters. The van der Waals surface area contributed by atoms with Gasteiger partial charge in [-0.2, -0.15) is 0 Å². The number of aryl methyl sites for hydroxylation is 1. The van der Waals surface area contributed by atoms with Crippen molar-refractivity contribution in [2.75, 3.05) is 13.1 Å². The first-order valence-corrected chi connectivity index (χ1v) is 11.5. The van der Waals surface area contributed by atoms with E-state index in [4.69, 9.17) is 4.74 Å². The summed E-state index contributed by atoms with van der Waals surface area (Å²) in [5.41, 5.74) is 2.08. The Kier molecular flexibility index (Phi) is 6.93. The molecule has 2 aromatic carbocycles. The van der Waals surface area contributed by atoms with Gasteiger partial charge in [-0.3, -0.25) is 9.59 Å². The second-order valence-electron chi connectivity index (χ2n) is 8.08. The van der Waals surface area contributed by atoms with Crippen molar-refractivity contribution in [2.24, 2.45) is 0 Å². The molecule has 1 aliphatic heterocycles. The summed E-state index contributed by atoms with van der Waals surface area (Å²) in [5.74, 6) is -1.05. The molecule has 4 rings (SSSR count). The third kappa shape index (κ3) is 5.16. The van der Waals surface area contributed by atoms with E-state index < -0.39 is 11.6 Å². The van der Waals surface area contributed by atoms with Crippen molar-refractivity contribution in [3.05, 3.63) is 97.4 Å². The van der Waals surface area contributed by atoms with Gasteiger partial charge in [0.2, 0.25) is 0 Å². The van der Waals surface area contributed by atoms with Crippen LogP contribution in [-0.4, -0.2) is 28.5 Å². The summed E-state index contributed by atoms with van der Waals surface area (Å²) in [7, 11) is 0. The molecule has 0 aliphatic carbocycles. The normalized spacial score (nSPS) is 13.4. The highest BCUT2D eigenvalue weighted by atomic mass is 79.9. The standard InChI is InChI=1S/C25H23BrF2N2O3/c1-16-12-22(33-15-19-8-9-20(27)13-21(19)28)23(26)25(32)30(16)14-17-4-6-18(7-5-17)24(31)29-10-2-3-11-29/h4-9,12-13H,2-3,10-11,14-15H2,1H3. The van der Waals surface area contributed by atoms with Gasteiger partial charge < -0.3 is 14.2 Å². The molecule has 0 spiro atoms. The van der Waals surface area contributed by atoms with E-state index in [9.17, 15) is 18.4 Å². The van der Waals surface area contributed by atoms with E-state index >= 15 is 0 Å². The fourth-order valence-corrected chi connectivity index (χ4v) is 4.29. The predicted octanol–water partition coefficient (Wildman–Crippen LogP) is 5.06. The lowest BCUT2D eigenvalue weighted by Gasteiger charge is -2.16. The van der Waals surface area contributed by atoms with Crippen LogP contribution in [0.2, 0.25) is 0 Å². The van der Waals surface area contributed by atoms with E-state index in [0.29, 0.717) is 17.8 Å². The molecule has 0 radical (unpaired) electrons. The second kappa shape index (κ2) is 9.87. The van der Waals surface area contributed by atoms with Gasteiger partial charge in [-0.25, -0.2) is 8.78 Å². The van der Waals surface area contributed by atoms with E-state index in [1.54, 1.807) is 29.7 Å². The minimum atomic E-state index is -0.706. The monoisotopic (exact) mass is 516 g/mol. The Hall–Kier alpha value is -3.00. The van der Waals surface area contributed by atoms with E-state index in [-0.39, 0.29) is 33.9 Å². The number of halogens is 3. The summed E-state index contributed by atoms with van der Waals surface area (Å²) < 4.78 is 34.4. The largest absolute Gasteiger partial charge is 0.487 e. The predicted molar refractivity (Wildman–Crippen MR) is 125 cm³/mol. The molecule has 0 saturated carbocycles. The van der Waals surface area contributed by atoms with Crippen LogP contribution in [-0.2, 0) is 13.2 Å². The summed E-state index contributed by atoms with van der Waals surface area (Å²) in [4.78, 5) is 27.3. The number of nitrogens with zero attached hydrogens (tertiary/aromatic N) is 2. The molecule has 3 aromatic rings. The number of pyridine rings is 1. The zero-order valence-corrected chi connectivity index (χ0v) is 19.7. The quantitative estimate of drug-likeness (QED) is 0.460. The maximum atomic E-state index is 13.9. The number of amides is 1. The Morgan fingerprint density at radius 3 is 2.42 bits per heavy atom. The van der Waals surface area contributed by atoms with E-state index in [2.05, 4.69) is 15.9 Å². The maximum absolute atomic E-state index is 13.9. The number of carbonyl (C=O) groups is 1. The minimum Gasteiger partial charge on any atom is -0.487 e. The van der Waals surface area contributed by atoms with Gasteiger partial charge in [0, 0.05) is 42.0 Å². The lowest BCUT2D eigenvalue weighted by molar-refractivity contribution is 0.0793. The maximum Gasteiger partial charge on any atom is 0.269 e. The van der Waals surface area contributed by atoms with Crippen molar-refractivity contribution >= 4 is 21.8 Å². The van der Waals surface area contributed by atoms with Crippen LogP contribution in [0.1, 0.15) is 40.0 Å². The summed E-state index contributed by atoms with van der Waals surface area (Å²) in [6.45, 7) is 3.57. The number of aromatic nitrogens is 1. The Morgan fingerprint density at radius 1 is 1.06 bits per heavy atom. The number of hydrogen-bond acceptors (Lipinski definition) is 3. The van der Waals surface area contributed by atoms with Crippen LogP contribution in [0.5, 0.6) is 5.75 Å². The van der Waals surface area contributed by atoms with Gasteiger partial charge in [0.05, 0.1) is 6.54 Å². The van der Waals surface area contributed by atoms with Crippen molar-refractivity contribution in [1.82, 2.24) is 9.47 Å². The van der Waals surface area contributed by atoms with Gasteiger partial charge in [-0.15, -0.1) is 0 Å². The number of hydrogen-bond donors (Lipinski definition) is 0. The molecule has 0 unspecified atom stereocenters. The molecule has 2 heterocycles. The molecular formula is C25H23BrF2N2O3. The number of likely N-dealkylation sites (tertiary alicyclic amines) is 1. The van der Waals surface area contributed by atoms with Crippen molar-refractivity contribution < 1.29 is 18.3 Å². The number of ether oxygens (including phenoxy) is 1. The molecule has 1 fully saturated rings. The summed E-state index contributed by atoms with van der Waals surface area (Å²) in [5, 5.41) is 0. The van der Waals surface area contributed by atoms with Gasteiger partial charge in [-0.05, 0) is 65.5 Å². The van der Waals surface area contributed by atoms with E-state index in [0.717, 1.165) is 43.6 Å². The Morgan fingerprint density at radius 2 is 1.76 bits per heavy atom. The molecule has 1 amide bonds. The summed E-state index contributed by atoms with van der Waals surface area (Å²) in [6.07, 6.45) is 2.08. The first kappa shape index (κ1) is 23.2. The van der Waals surface area contributed by atoms with Crippen molar-refractivity contribution in [3.8, 4) is 5.75 Å².